The number of rotatable bonds is 7. The van der Waals surface area contributed by atoms with E-state index in [0.29, 0.717) is 16.3 Å². The normalized spacial score (nSPS) is 15.8. The van der Waals surface area contributed by atoms with E-state index in [1.165, 1.54) is 17.6 Å². The van der Waals surface area contributed by atoms with Crippen molar-refractivity contribution in [2.24, 2.45) is 0 Å². The molecule has 0 radical (unpaired) electrons. The molecule has 1 aliphatic rings. The van der Waals surface area contributed by atoms with Gasteiger partial charge in [-0.15, -0.1) is 11.6 Å². The van der Waals surface area contributed by atoms with Gasteiger partial charge >= 0.3 is 0 Å². The molecule has 1 aromatic heterocycles. The van der Waals surface area contributed by atoms with Crippen molar-refractivity contribution in [1.29, 1.82) is 0 Å². The number of hydrogen-bond donors (Lipinski definition) is 1. The Kier molecular flexibility index (Phi) is 7.40. The number of benzene rings is 1. The Morgan fingerprint density at radius 3 is 2.46 bits per heavy atom. The van der Waals surface area contributed by atoms with Crippen LogP contribution >= 0.6 is 23.2 Å². The van der Waals surface area contributed by atoms with Crippen molar-refractivity contribution >= 4 is 35.0 Å². The first kappa shape index (κ1) is 20.7. The van der Waals surface area contributed by atoms with Crippen LogP contribution in [0.3, 0.4) is 0 Å². The highest BCUT2D eigenvalue weighted by molar-refractivity contribution is 6.30. The lowest BCUT2D eigenvalue weighted by Gasteiger charge is -2.32. The summed E-state index contributed by atoms with van der Waals surface area (Å²) in [4.78, 5) is 27.4. The fourth-order valence-corrected chi connectivity index (χ4v) is 3.90. The van der Waals surface area contributed by atoms with E-state index in [1.807, 2.05) is 0 Å². The van der Waals surface area contributed by atoms with Gasteiger partial charge in [0.25, 0.3) is 0 Å². The molecule has 0 aliphatic heterocycles. The Hall–Kier alpha value is -1.98. The molecule has 28 heavy (non-hydrogen) atoms. The Balaban J connectivity index is 1.90. The molecule has 2 aromatic rings. The average molecular weight is 423 g/mol. The summed E-state index contributed by atoms with van der Waals surface area (Å²) < 4.78 is 5.40. The zero-order chi connectivity index (χ0) is 19.9. The molecule has 1 N–H and O–H groups in total. The molecule has 1 atom stereocenters. The number of furan rings is 1. The smallest absolute Gasteiger partial charge is 0.247 e. The van der Waals surface area contributed by atoms with Crippen LogP contribution in [0.25, 0.3) is 0 Å². The predicted molar refractivity (Wildman–Crippen MR) is 109 cm³/mol. The summed E-state index contributed by atoms with van der Waals surface area (Å²) >= 11 is 11.9. The molecule has 1 aromatic carbocycles. The van der Waals surface area contributed by atoms with Crippen LogP contribution in [-0.2, 0) is 16.1 Å². The van der Waals surface area contributed by atoms with Crippen molar-refractivity contribution in [3.05, 3.63) is 59.0 Å². The molecule has 0 bridgehead atoms. The molecule has 1 fully saturated rings. The first-order chi connectivity index (χ1) is 13.6. The summed E-state index contributed by atoms with van der Waals surface area (Å²) in [6.07, 6.45) is 6.86. The van der Waals surface area contributed by atoms with Crippen LogP contribution in [0, 0.1) is 0 Å². The third-order valence-electron chi connectivity index (χ3n) is 5.04. The highest BCUT2D eigenvalue weighted by Gasteiger charge is 2.33. The van der Waals surface area contributed by atoms with Crippen molar-refractivity contribution in [2.45, 2.75) is 50.7 Å². The maximum atomic E-state index is 13.3. The summed E-state index contributed by atoms with van der Waals surface area (Å²) in [5, 5.41) is 3.70. The minimum atomic E-state index is -0.810. The first-order valence-electron chi connectivity index (χ1n) is 9.52. The fraction of sp³-hybridized carbons (Fsp3) is 0.429. The van der Waals surface area contributed by atoms with Crippen LogP contribution in [-0.4, -0.2) is 28.6 Å². The minimum Gasteiger partial charge on any atom is -0.467 e. The topological polar surface area (TPSA) is 62.6 Å². The number of nitrogens with one attached hydrogen (secondary N) is 1. The van der Waals surface area contributed by atoms with Crippen LogP contribution in [0.4, 0.5) is 0 Å². The third-order valence-corrected chi connectivity index (χ3v) is 5.52. The van der Waals surface area contributed by atoms with Crippen LogP contribution in [0.2, 0.25) is 5.02 Å². The summed E-state index contributed by atoms with van der Waals surface area (Å²) in [7, 11) is 0. The quantitative estimate of drug-likeness (QED) is 0.658. The number of carbonyl (C=O) groups is 2. The highest BCUT2D eigenvalue weighted by atomic mass is 35.5. The van der Waals surface area contributed by atoms with Crippen molar-refractivity contribution in [3.63, 3.8) is 0 Å². The molecule has 0 unspecified atom stereocenters. The number of halogens is 2. The van der Waals surface area contributed by atoms with Gasteiger partial charge in [0, 0.05) is 11.1 Å². The van der Waals surface area contributed by atoms with Gasteiger partial charge in [-0.3, -0.25) is 9.59 Å². The van der Waals surface area contributed by atoms with Gasteiger partial charge in [0.05, 0.1) is 12.8 Å². The average Bonchev–Trinajstić information content (AvgIpc) is 3.22. The SMILES string of the molecule is O=C(NC1CCCCC1)[C@H](c1ccc(Cl)cc1)N(Cc1ccco1)C(=O)CCl. The third kappa shape index (κ3) is 5.30. The van der Waals surface area contributed by atoms with Crippen LogP contribution in [0.1, 0.15) is 49.5 Å². The van der Waals surface area contributed by atoms with Gasteiger partial charge < -0.3 is 14.6 Å². The molecular weight excluding hydrogens is 399 g/mol. The van der Waals surface area contributed by atoms with E-state index >= 15 is 0 Å². The summed E-state index contributed by atoms with van der Waals surface area (Å²) in [5.41, 5.74) is 0.683. The number of nitrogens with zero attached hydrogens (tertiary/aromatic N) is 1. The summed E-state index contributed by atoms with van der Waals surface area (Å²) in [6, 6.07) is 9.81. The van der Waals surface area contributed by atoms with Crippen LogP contribution in [0.15, 0.2) is 47.1 Å². The van der Waals surface area contributed by atoms with Gasteiger partial charge in [-0.05, 0) is 42.7 Å². The second-order valence-corrected chi connectivity index (χ2v) is 7.74. The Bertz CT molecular complexity index is 771. The maximum absolute atomic E-state index is 13.3. The molecular formula is C21H24Cl2N2O3. The van der Waals surface area contributed by atoms with E-state index in [4.69, 9.17) is 27.6 Å². The van der Waals surface area contributed by atoms with E-state index in [-0.39, 0.29) is 30.3 Å². The zero-order valence-electron chi connectivity index (χ0n) is 15.6. The van der Waals surface area contributed by atoms with Gasteiger partial charge in [-0.1, -0.05) is 43.0 Å². The molecule has 7 heteroatoms. The van der Waals surface area contributed by atoms with Crippen LogP contribution in [0.5, 0.6) is 0 Å². The molecule has 0 spiro atoms. The van der Waals surface area contributed by atoms with Gasteiger partial charge in [0.1, 0.15) is 17.7 Å². The highest BCUT2D eigenvalue weighted by Crippen LogP contribution is 2.27. The lowest BCUT2D eigenvalue weighted by Crippen LogP contribution is -2.47. The molecule has 1 saturated carbocycles. The van der Waals surface area contributed by atoms with Gasteiger partial charge in [0.2, 0.25) is 11.8 Å². The first-order valence-corrected chi connectivity index (χ1v) is 10.4. The Morgan fingerprint density at radius 1 is 1.14 bits per heavy atom. The Morgan fingerprint density at radius 2 is 1.86 bits per heavy atom. The lowest BCUT2D eigenvalue weighted by molar-refractivity contribution is -0.140. The molecule has 5 nitrogen and oxygen atoms in total. The minimum absolute atomic E-state index is 0.132. The second-order valence-electron chi connectivity index (χ2n) is 7.03. The fourth-order valence-electron chi connectivity index (χ4n) is 3.62. The monoisotopic (exact) mass is 422 g/mol. The predicted octanol–water partition coefficient (Wildman–Crippen LogP) is 4.69. The number of alkyl halides is 1. The second kappa shape index (κ2) is 9.99. The van der Waals surface area contributed by atoms with E-state index in [9.17, 15) is 9.59 Å². The van der Waals surface area contributed by atoms with E-state index in [0.717, 1.165) is 25.7 Å². The molecule has 150 valence electrons. The van der Waals surface area contributed by atoms with Crippen molar-refractivity contribution < 1.29 is 14.0 Å². The zero-order valence-corrected chi connectivity index (χ0v) is 17.1. The van der Waals surface area contributed by atoms with E-state index in [2.05, 4.69) is 5.32 Å². The van der Waals surface area contributed by atoms with Gasteiger partial charge in [-0.25, -0.2) is 0 Å². The molecule has 0 saturated heterocycles. The summed E-state index contributed by atoms with van der Waals surface area (Å²) in [5.74, 6) is -0.180. The van der Waals surface area contributed by atoms with Crippen molar-refractivity contribution in [2.75, 3.05) is 5.88 Å². The number of amides is 2. The number of carbonyl (C=O) groups excluding carboxylic acids is 2. The molecule has 2 amide bonds. The molecule has 1 heterocycles. The maximum Gasteiger partial charge on any atom is 0.247 e. The standard InChI is InChI=1S/C21H24Cl2N2O3/c22-13-19(26)25(14-18-7-4-12-28-18)20(15-8-10-16(23)11-9-15)21(27)24-17-5-2-1-3-6-17/h4,7-12,17,20H,1-3,5-6,13-14H2,(H,24,27)/t20-/m0/s1. The lowest BCUT2D eigenvalue weighted by atomic mass is 9.94. The number of hydrogen-bond acceptors (Lipinski definition) is 3. The Labute approximate surface area is 175 Å². The van der Waals surface area contributed by atoms with Crippen molar-refractivity contribution in [3.8, 4) is 0 Å². The summed E-state index contributed by atoms with van der Waals surface area (Å²) in [6.45, 7) is 0.157. The van der Waals surface area contributed by atoms with E-state index < -0.39 is 6.04 Å². The van der Waals surface area contributed by atoms with E-state index in [1.54, 1.807) is 36.4 Å². The van der Waals surface area contributed by atoms with Crippen molar-refractivity contribution in [1.82, 2.24) is 10.2 Å². The van der Waals surface area contributed by atoms with Gasteiger partial charge in [0.15, 0.2) is 0 Å². The molecule has 1 aliphatic carbocycles. The van der Waals surface area contributed by atoms with Crippen LogP contribution < -0.4 is 5.32 Å². The largest absolute Gasteiger partial charge is 0.467 e. The molecule has 3 rings (SSSR count). The van der Waals surface area contributed by atoms with Gasteiger partial charge in [-0.2, -0.15) is 0 Å².